The van der Waals surface area contributed by atoms with E-state index in [1.165, 1.54) is 12.1 Å². The van der Waals surface area contributed by atoms with Crippen molar-refractivity contribution in [3.05, 3.63) is 46.7 Å². The van der Waals surface area contributed by atoms with E-state index in [2.05, 4.69) is 5.10 Å². The molecule has 0 aliphatic rings. The van der Waals surface area contributed by atoms with Gasteiger partial charge in [0.25, 0.3) is 0 Å². The zero-order valence-electron chi connectivity index (χ0n) is 11.0. The Labute approximate surface area is 121 Å². The second-order valence-corrected chi connectivity index (χ2v) is 4.77. The molecular formula is C14H15ClN2O3. The minimum Gasteiger partial charge on any atom is -0.494 e. The van der Waals surface area contributed by atoms with Gasteiger partial charge in [-0.05, 0) is 25.1 Å². The van der Waals surface area contributed by atoms with Crippen LogP contribution >= 0.6 is 11.6 Å². The number of halogens is 1. The molecule has 0 amide bonds. The zero-order chi connectivity index (χ0) is 14.5. The molecule has 2 aromatic rings. The second kappa shape index (κ2) is 6.43. The number of ether oxygens (including phenoxy) is 1. The van der Waals surface area contributed by atoms with Gasteiger partial charge in [-0.15, -0.1) is 0 Å². The molecule has 0 bridgehead atoms. The molecule has 0 radical (unpaired) electrons. The number of carbonyl (C=O) groups is 1. The number of hydrogen-bond donors (Lipinski definition) is 1. The molecule has 1 aromatic heterocycles. The molecule has 2 rings (SSSR count). The molecule has 0 unspecified atom stereocenters. The predicted octanol–water partition coefficient (Wildman–Crippen LogP) is 3.01. The van der Waals surface area contributed by atoms with Crippen LogP contribution in [0.1, 0.15) is 22.5 Å². The maximum Gasteiger partial charge on any atom is 0.335 e. The lowest BCUT2D eigenvalue weighted by Crippen LogP contribution is -2.05. The first-order chi connectivity index (χ1) is 9.56. The first kappa shape index (κ1) is 14.4. The van der Waals surface area contributed by atoms with Gasteiger partial charge in [0.1, 0.15) is 5.75 Å². The molecule has 1 aromatic carbocycles. The third-order valence-electron chi connectivity index (χ3n) is 2.77. The molecule has 106 valence electrons. The van der Waals surface area contributed by atoms with Crippen molar-refractivity contribution in [2.24, 2.45) is 0 Å². The van der Waals surface area contributed by atoms with Crippen LogP contribution in [-0.4, -0.2) is 27.5 Å². The molecule has 0 fully saturated rings. The summed E-state index contributed by atoms with van der Waals surface area (Å²) in [5, 5.41) is 13.8. The fourth-order valence-electron chi connectivity index (χ4n) is 1.74. The van der Waals surface area contributed by atoms with Crippen molar-refractivity contribution in [1.82, 2.24) is 9.78 Å². The van der Waals surface area contributed by atoms with E-state index in [4.69, 9.17) is 21.4 Å². The molecule has 0 spiro atoms. The second-order valence-electron chi connectivity index (χ2n) is 4.36. The summed E-state index contributed by atoms with van der Waals surface area (Å²) in [5.41, 5.74) is 1.03. The predicted molar refractivity (Wildman–Crippen MR) is 75.5 cm³/mol. The molecule has 1 heterocycles. The summed E-state index contributed by atoms with van der Waals surface area (Å²) in [6, 6.07) is 6.44. The lowest BCUT2D eigenvalue weighted by Gasteiger charge is -2.07. The Bertz CT molecular complexity index is 591. The van der Waals surface area contributed by atoms with E-state index in [1.54, 1.807) is 23.0 Å². The first-order valence-electron chi connectivity index (χ1n) is 6.22. The summed E-state index contributed by atoms with van der Waals surface area (Å²) in [7, 11) is 0. The van der Waals surface area contributed by atoms with Gasteiger partial charge in [0.15, 0.2) is 0 Å². The average Bonchev–Trinajstić information content (AvgIpc) is 2.74. The van der Waals surface area contributed by atoms with E-state index in [1.807, 2.05) is 6.92 Å². The number of carboxylic acid groups (broad SMARTS) is 1. The van der Waals surface area contributed by atoms with Crippen LogP contribution in [0.25, 0.3) is 0 Å². The minimum atomic E-state index is -0.961. The molecule has 0 saturated heterocycles. The van der Waals surface area contributed by atoms with E-state index in [9.17, 15) is 4.79 Å². The highest BCUT2D eigenvalue weighted by Gasteiger charge is 2.04. The van der Waals surface area contributed by atoms with Crippen molar-refractivity contribution in [3.8, 4) is 5.75 Å². The Morgan fingerprint density at radius 3 is 2.95 bits per heavy atom. The Balaban J connectivity index is 1.81. The fraction of sp³-hybridized carbons (Fsp3) is 0.286. The topological polar surface area (TPSA) is 64.4 Å². The van der Waals surface area contributed by atoms with Crippen molar-refractivity contribution < 1.29 is 14.6 Å². The lowest BCUT2D eigenvalue weighted by molar-refractivity contribution is 0.0696. The van der Waals surface area contributed by atoms with Crippen molar-refractivity contribution in [3.63, 3.8) is 0 Å². The van der Waals surface area contributed by atoms with Crippen LogP contribution in [0.3, 0.4) is 0 Å². The Morgan fingerprint density at radius 1 is 1.50 bits per heavy atom. The number of nitrogens with zero attached hydrogens (tertiary/aromatic N) is 2. The SMILES string of the molecule is Cc1nn(CCCOc2cccc(C(=O)O)c2)cc1Cl. The van der Waals surface area contributed by atoms with Crippen LogP contribution < -0.4 is 4.74 Å². The van der Waals surface area contributed by atoms with Crippen molar-refractivity contribution in [1.29, 1.82) is 0 Å². The number of rotatable bonds is 6. The van der Waals surface area contributed by atoms with E-state index in [0.717, 1.165) is 12.1 Å². The third-order valence-corrected chi connectivity index (χ3v) is 3.14. The molecule has 6 heteroatoms. The standard InChI is InChI=1S/C14H15ClN2O3/c1-10-13(15)9-17(16-10)6-3-7-20-12-5-2-4-11(8-12)14(18)19/h2,4-5,8-9H,3,6-7H2,1H3,(H,18,19). The van der Waals surface area contributed by atoms with E-state index >= 15 is 0 Å². The number of benzene rings is 1. The largest absolute Gasteiger partial charge is 0.494 e. The molecule has 5 nitrogen and oxygen atoms in total. The normalized spacial score (nSPS) is 10.5. The Hall–Kier alpha value is -2.01. The summed E-state index contributed by atoms with van der Waals surface area (Å²) >= 11 is 5.91. The van der Waals surface area contributed by atoms with Crippen LogP contribution in [0.2, 0.25) is 5.02 Å². The monoisotopic (exact) mass is 294 g/mol. The van der Waals surface area contributed by atoms with E-state index in [-0.39, 0.29) is 5.56 Å². The lowest BCUT2D eigenvalue weighted by atomic mass is 10.2. The molecule has 0 aliphatic carbocycles. The van der Waals surface area contributed by atoms with Gasteiger partial charge >= 0.3 is 5.97 Å². The molecular weight excluding hydrogens is 280 g/mol. The van der Waals surface area contributed by atoms with E-state index < -0.39 is 5.97 Å². The number of hydrogen-bond acceptors (Lipinski definition) is 3. The van der Waals surface area contributed by atoms with Gasteiger partial charge < -0.3 is 9.84 Å². The van der Waals surface area contributed by atoms with Crippen molar-refractivity contribution in [2.75, 3.05) is 6.61 Å². The first-order valence-corrected chi connectivity index (χ1v) is 6.60. The zero-order valence-corrected chi connectivity index (χ0v) is 11.8. The maximum atomic E-state index is 10.8. The van der Waals surface area contributed by atoms with Gasteiger partial charge in [-0.1, -0.05) is 17.7 Å². The molecule has 1 N–H and O–H groups in total. The quantitative estimate of drug-likeness (QED) is 0.832. The number of aromatic nitrogens is 2. The minimum absolute atomic E-state index is 0.219. The maximum absolute atomic E-state index is 10.8. The van der Waals surface area contributed by atoms with Crippen LogP contribution in [-0.2, 0) is 6.54 Å². The van der Waals surface area contributed by atoms with Gasteiger partial charge in [-0.2, -0.15) is 5.10 Å². The summed E-state index contributed by atoms with van der Waals surface area (Å²) in [4.78, 5) is 10.8. The van der Waals surface area contributed by atoms with Gasteiger partial charge in [0.05, 0.1) is 22.9 Å². The number of aromatic carboxylic acids is 1. The van der Waals surface area contributed by atoms with Crippen molar-refractivity contribution >= 4 is 17.6 Å². The summed E-state index contributed by atoms with van der Waals surface area (Å²) in [5.74, 6) is -0.406. The smallest absolute Gasteiger partial charge is 0.335 e. The van der Waals surface area contributed by atoms with Crippen molar-refractivity contribution in [2.45, 2.75) is 19.9 Å². The Morgan fingerprint density at radius 2 is 2.30 bits per heavy atom. The number of carboxylic acids is 1. The summed E-state index contributed by atoms with van der Waals surface area (Å²) < 4.78 is 7.29. The highest BCUT2D eigenvalue weighted by atomic mass is 35.5. The molecule has 20 heavy (non-hydrogen) atoms. The highest BCUT2D eigenvalue weighted by Crippen LogP contribution is 2.14. The van der Waals surface area contributed by atoms with Gasteiger partial charge in [0, 0.05) is 19.2 Å². The highest BCUT2D eigenvalue weighted by molar-refractivity contribution is 6.31. The summed E-state index contributed by atoms with van der Waals surface area (Å²) in [6.07, 6.45) is 2.54. The van der Waals surface area contributed by atoms with Gasteiger partial charge in [-0.25, -0.2) is 4.79 Å². The van der Waals surface area contributed by atoms with Crippen LogP contribution in [0.5, 0.6) is 5.75 Å². The Kier molecular flexibility index (Phi) is 4.63. The fourth-order valence-corrected chi connectivity index (χ4v) is 1.89. The third kappa shape index (κ3) is 3.74. The van der Waals surface area contributed by atoms with Crippen LogP contribution in [0.15, 0.2) is 30.5 Å². The van der Waals surface area contributed by atoms with Gasteiger partial charge in [-0.3, -0.25) is 4.68 Å². The number of aryl methyl sites for hydroxylation is 2. The average molecular weight is 295 g/mol. The van der Waals surface area contributed by atoms with Gasteiger partial charge in [0.2, 0.25) is 0 Å². The summed E-state index contributed by atoms with van der Waals surface area (Å²) in [6.45, 7) is 3.04. The van der Waals surface area contributed by atoms with Crippen LogP contribution in [0, 0.1) is 6.92 Å². The molecule has 0 aliphatic heterocycles. The molecule has 0 saturated carbocycles. The molecule has 0 atom stereocenters. The van der Waals surface area contributed by atoms with E-state index in [0.29, 0.717) is 23.9 Å². The van der Waals surface area contributed by atoms with Crippen LogP contribution in [0.4, 0.5) is 0 Å².